The lowest BCUT2D eigenvalue weighted by atomic mass is 10.2. The largest absolute Gasteiger partial charge is 0.481 e. The second-order valence-electron chi connectivity index (χ2n) is 4.86. The fourth-order valence-corrected chi connectivity index (χ4v) is 3.46. The van der Waals surface area contributed by atoms with Crippen LogP contribution in [0, 0.1) is 6.92 Å². The van der Waals surface area contributed by atoms with Crippen LogP contribution in [0.5, 0.6) is 0 Å². The Balaban J connectivity index is 2.10. The maximum Gasteiger partial charge on any atom is 0.322 e. The van der Waals surface area contributed by atoms with Gasteiger partial charge in [-0.3, -0.25) is 4.79 Å². The summed E-state index contributed by atoms with van der Waals surface area (Å²) in [6.45, 7) is 2.38. The predicted octanol–water partition coefficient (Wildman–Crippen LogP) is 3.07. The zero-order chi connectivity index (χ0) is 15.4. The van der Waals surface area contributed by atoms with Crippen molar-refractivity contribution in [1.29, 1.82) is 0 Å². The van der Waals surface area contributed by atoms with Gasteiger partial charge in [0.25, 0.3) is 0 Å². The number of hydrogen-bond donors (Lipinski definition) is 2. The van der Waals surface area contributed by atoms with Gasteiger partial charge < -0.3 is 15.3 Å². The van der Waals surface area contributed by atoms with E-state index in [2.05, 4.69) is 5.32 Å². The fourth-order valence-electron chi connectivity index (χ4n) is 2.22. The van der Waals surface area contributed by atoms with E-state index in [4.69, 9.17) is 16.7 Å². The molecule has 5 nitrogen and oxygen atoms in total. The fraction of sp³-hybridized carbons (Fsp3) is 0.429. The van der Waals surface area contributed by atoms with E-state index in [9.17, 15) is 9.59 Å². The van der Waals surface area contributed by atoms with E-state index >= 15 is 0 Å². The molecule has 0 aromatic heterocycles. The highest BCUT2D eigenvalue weighted by Crippen LogP contribution is 2.25. The second kappa shape index (κ2) is 7.04. The Morgan fingerprint density at radius 1 is 1.52 bits per heavy atom. The molecule has 2 rings (SSSR count). The number of carboxylic acid groups (broad SMARTS) is 1. The van der Waals surface area contributed by atoms with Gasteiger partial charge in [-0.05, 0) is 24.6 Å². The number of urea groups is 1. The molecular weight excluding hydrogens is 312 g/mol. The lowest BCUT2D eigenvalue weighted by Gasteiger charge is -2.34. The van der Waals surface area contributed by atoms with Crippen molar-refractivity contribution in [1.82, 2.24) is 4.90 Å². The molecule has 1 aromatic rings. The number of rotatable bonds is 3. The number of thioether (sulfide) groups is 1. The average Bonchev–Trinajstić information content (AvgIpc) is 2.44. The van der Waals surface area contributed by atoms with Crippen molar-refractivity contribution in [3.05, 3.63) is 28.8 Å². The Hall–Kier alpha value is -1.40. The molecule has 1 atom stereocenters. The molecule has 0 spiro atoms. The summed E-state index contributed by atoms with van der Waals surface area (Å²) in [5.74, 6) is 0.575. The molecule has 1 heterocycles. The van der Waals surface area contributed by atoms with E-state index in [1.54, 1.807) is 34.9 Å². The molecule has 0 bridgehead atoms. The third-order valence-electron chi connectivity index (χ3n) is 3.41. The minimum absolute atomic E-state index is 0.0328. The van der Waals surface area contributed by atoms with Crippen LogP contribution in [0.25, 0.3) is 0 Å². The molecule has 1 unspecified atom stereocenters. The molecule has 1 aliphatic rings. The summed E-state index contributed by atoms with van der Waals surface area (Å²) < 4.78 is 0. The number of nitrogens with one attached hydrogen (secondary N) is 1. The number of anilines is 1. The van der Waals surface area contributed by atoms with Crippen molar-refractivity contribution >= 4 is 41.1 Å². The number of benzene rings is 1. The molecule has 7 heteroatoms. The molecule has 0 aliphatic carbocycles. The van der Waals surface area contributed by atoms with Crippen molar-refractivity contribution < 1.29 is 14.7 Å². The zero-order valence-corrected chi connectivity index (χ0v) is 13.2. The van der Waals surface area contributed by atoms with E-state index < -0.39 is 5.97 Å². The second-order valence-corrected chi connectivity index (χ2v) is 6.42. The number of carbonyl (C=O) groups excluding carboxylic acids is 1. The van der Waals surface area contributed by atoms with Crippen LogP contribution in [-0.2, 0) is 4.79 Å². The third-order valence-corrected chi connectivity index (χ3v) is 4.91. The Morgan fingerprint density at radius 2 is 2.29 bits per heavy atom. The Labute approximate surface area is 132 Å². The standard InChI is InChI=1S/C14H17ClN2O3S/c1-9-11(15)3-2-4-12(9)16-14(20)17-5-6-21-8-10(17)7-13(18)19/h2-4,10H,5-8H2,1H3,(H,16,20)(H,18,19). The van der Waals surface area contributed by atoms with Gasteiger partial charge in [0.1, 0.15) is 0 Å². The number of halogens is 1. The van der Waals surface area contributed by atoms with Crippen molar-refractivity contribution in [2.45, 2.75) is 19.4 Å². The molecule has 2 amide bonds. The van der Waals surface area contributed by atoms with Gasteiger partial charge in [0.05, 0.1) is 12.5 Å². The number of amides is 2. The van der Waals surface area contributed by atoms with Crippen molar-refractivity contribution in [2.24, 2.45) is 0 Å². The van der Waals surface area contributed by atoms with E-state index in [0.29, 0.717) is 23.0 Å². The Kier molecular flexibility index (Phi) is 5.36. The minimum atomic E-state index is -0.890. The van der Waals surface area contributed by atoms with Gasteiger partial charge in [0.15, 0.2) is 0 Å². The molecule has 1 saturated heterocycles. The van der Waals surface area contributed by atoms with Crippen LogP contribution in [0.1, 0.15) is 12.0 Å². The Bertz CT molecular complexity index is 553. The van der Waals surface area contributed by atoms with Crippen LogP contribution in [0.2, 0.25) is 5.02 Å². The lowest BCUT2D eigenvalue weighted by molar-refractivity contribution is -0.137. The van der Waals surface area contributed by atoms with Gasteiger partial charge in [-0.15, -0.1) is 0 Å². The maximum absolute atomic E-state index is 12.4. The SMILES string of the molecule is Cc1c(Cl)cccc1NC(=O)N1CCSCC1CC(=O)O. The highest BCUT2D eigenvalue weighted by atomic mass is 35.5. The summed E-state index contributed by atoms with van der Waals surface area (Å²) >= 11 is 7.71. The first kappa shape index (κ1) is 16.0. The summed E-state index contributed by atoms with van der Waals surface area (Å²) in [4.78, 5) is 24.9. The normalized spacial score (nSPS) is 18.4. The maximum atomic E-state index is 12.4. The van der Waals surface area contributed by atoms with Crippen LogP contribution in [0.4, 0.5) is 10.5 Å². The van der Waals surface area contributed by atoms with E-state index in [1.807, 2.05) is 6.92 Å². The molecule has 2 N–H and O–H groups in total. The van der Waals surface area contributed by atoms with Crippen molar-refractivity contribution in [2.75, 3.05) is 23.4 Å². The molecule has 1 aromatic carbocycles. The summed E-state index contributed by atoms with van der Waals surface area (Å²) in [5, 5.41) is 12.4. The number of hydrogen-bond acceptors (Lipinski definition) is 3. The summed E-state index contributed by atoms with van der Waals surface area (Å²) in [7, 11) is 0. The minimum Gasteiger partial charge on any atom is -0.481 e. The van der Waals surface area contributed by atoms with E-state index in [-0.39, 0.29) is 18.5 Å². The monoisotopic (exact) mass is 328 g/mol. The van der Waals surface area contributed by atoms with E-state index in [1.165, 1.54) is 0 Å². The zero-order valence-electron chi connectivity index (χ0n) is 11.6. The molecule has 1 fully saturated rings. The molecule has 1 aliphatic heterocycles. The van der Waals surface area contributed by atoms with Crippen LogP contribution < -0.4 is 5.32 Å². The molecule has 114 valence electrons. The van der Waals surface area contributed by atoms with Gasteiger partial charge in [0.2, 0.25) is 0 Å². The summed E-state index contributed by atoms with van der Waals surface area (Å²) in [5.41, 5.74) is 1.45. The van der Waals surface area contributed by atoms with Crippen LogP contribution >= 0.6 is 23.4 Å². The average molecular weight is 329 g/mol. The first-order valence-electron chi connectivity index (χ1n) is 6.61. The van der Waals surface area contributed by atoms with Crippen molar-refractivity contribution in [3.63, 3.8) is 0 Å². The summed E-state index contributed by atoms with van der Waals surface area (Å²) in [6.07, 6.45) is -0.0328. The van der Waals surface area contributed by atoms with Crippen LogP contribution in [-0.4, -0.2) is 46.1 Å². The summed E-state index contributed by atoms with van der Waals surface area (Å²) in [6, 6.07) is 4.76. The predicted molar refractivity (Wildman–Crippen MR) is 85.3 cm³/mol. The van der Waals surface area contributed by atoms with E-state index in [0.717, 1.165) is 11.3 Å². The number of aliphatic carboxylic acids is 1. The van der Waals surface area contributed by atoms with Gasteiger partial charge in [-0.1, -0.05) is 17.7 Å². The van der Waals surface area contributed by atoms with Crippen molar-refractivity contribution in [3.8, 4) is 0 Å². The smallest absolute Gasteiger partial charge is 0.322 e. The third kappa shape index (κ3) is 4.04. The van der Waals surface area contributed by atoms with Gasteiger partial charge in [-0.2, -0.15) is 11.8 Å². The first-order valence-corrected chi connectivity index (χ1v) is 8.14. The quantitative estimate of drug-likeness (QED) is 0.894. The topological polar surface area (TPSA) is 69.6 Å². The number of carboxylic acids is 1. The first-order chi connectivity index (χ1) is 9.99. The molecular formula is C14H17ClN2O3S. The number of nitrogens with zero attached hydrogens (tertiary/aromatic N) is 1. The highest BCUT2D eigenvalue weighted by Gasteiger charge is 2.29. The van der Waals surface area contributed by atoms with Gasteiger partial charge in [0, 0.05) is 28.8 Å². The van der Waals surface area contributed by atoms with Crippen LogP contribution in [0.3, 0.4) is 0 Å². The van der Waals surface area contributed by atoms with Gasteiger partial charge >= 0.3 is 12.0 Å². The van der Waals surface area contributed by atoms with Crippen LogP contribution in [0.15, 0.2) is 18.2 Å². The lowest BCUT2D eigenvalue weighted by Crippen LogP contribution is -2.49. The molecule has 0 saturated carbocycles. The van der Waals surface area contributed by atoms with Gasteiger partial charge in [-0.25, -0.2) is 4.79 Å². The highest BCUT2D eigenvalue weighted by molar-refractivity contribution is 7.99. The molecule has 0 radical (unpaired) electrons. The Morgan fingerprint density at radius 3 is 3.00 bits per heavy atom. The molecule has 21 heavy (non-hydrogen) atoms. The number of carbonyl (C=O) groups is 2.